The van der Waals surface area contributed by atoms with E-state index in [-0.39, 0.29) is 31.1 Å². The first-order chi connectivity index (χ1) is 38.0. The van der Waals surface area contributed by atoms with Crippen LogP contribution in [0.25, 0.3) is 0 Å². The van der Waals surface area contributed by atoms with Gasteiger partial charge in [0, 0.05) is 19.3 Å². The summed E-state index contributed by atoms with van der Waals surface area (Å²) >= 11 is 0. The normalized spacial score (nSPS) is 12.0. The molecule has 0 heterocycles. The molecule has 0 aliphatic heterocycles. The minimum Gasteiger partial charge on any atom is -0.462 e. The zero-order valence-corrected chi connectivity index (χ0v) is 52.5. The Kier molecular flexibility index (Phi) is 65.1. The Balaban J connectivity index is 4.14. The van der Waals surface area contributed by atoms with E-state index in [9.17, 15) is 14.4 Å². The zero-order chi connectivity index (χ0) is 55.7. The number of hydrogen-bond donors (Lipinski definition) is 0. The minimum atomic E-state index is -0.767. The lowest BCUT2D eigenvalue weighted by atomic mass is 10.0. The molecule has 0 saturated carbocycles. The average molecular weight is 1090 g/mol. The first kappa shape index (κ1) is 75.2. The van der Waals surface area contributed by atoms with Crippen molar-refractivity contribution in [2.75, 3.05) is 13.2 Å². The molecule has 456 valence electrons. The van der Waals surface area contributed by atoms with Gasteiger partial charge in [-0.05, 0) is 44.9 Å². The molecule has 0 saturated heterocycles. The number of esters is 3. The van der Waals surface area contributed by atoms with E-state index in [2.05, 4.69) is 32.9 Å². The van der Waals surface area contributed by atoms with Crippen molar-refractivity contribution in [1.29, 1.82) is 0 Å². The van der Waals surface area contributed by atoms with Crippen LogP contribution >= 0.6 is 0 Å². The molecule has 1 atom stereocenters. The number of hydrogen-bond acceptors (Lipinski definition) is 6. The number of ether oxygens (including phenoxy) is 3. The summed E-state index contributed by atoms with van der Waals surface area (Å²) in [4.78, 5) is 38.3. The summed E-state index contributed by atoms with van der Waals surface area (Å²) in [6.45, 7) is 6.72. The monoisotopic (exact) mass is 1090 g/mol. The second kappa shape index (κ2) is 66.7. The average Bonchev–Trinajstić information content (AvgIpc) is 3.43. The largest absolute Gasteiger partial charge is 0.462 e. The van der Waals surface area contributed by atoms with Crippen LogP contribution < -0.4 is 0 Å². The van der Waals surface area contributed by atoms with Gasteiger partial charge in [-0.3, -0.25) is 14.4 Å². The van der Waals surface area contributed by atoms with Crippen LogP contribution in [0.3, 0.4) is 0 Å². The molecule has 0 bridgehead atoms. The molecular formula is C71H136O6. The Morgan fingerprint density at radius 3 is 0.649 bits per heavy atom. The Morgan fingerprint density at radius 2 is 0.429 bits per heavy atom. The van der Waals surface area contributed by atoms with Crippen LogP contribution in [0.4, 0.5) is 0 Å². The number of carbonyl (C=O) groups excluding carboxylic acids is 3. The summed E-state index contributed by atoms with van der Waals surface area (Å²) in [5.74, 6) is -0.834. The second-order valence-electron chi connectivity index (χ2n) is 24.2. The molecule has 0 fully saturated rings. The maximum atomic E-state index is 12.9. The van der Waals surface area contributed by atoms with Crippen LogP contribution in [0.1, 0.15) is 406 Å². The Bertz CT molecular complexity index is 1200. The highest BCUT2D eigenvalue weighted by atomic mass is 16.6. The van der Waals surface area contributed by atoms with Crippen molar-refractivity contribution in [2.24, 2.45) is 0 Å². The molecule has 6 heteroatoms. The van der Waals surface area contributed by atoms with Gasteiger partial charge in [-0.2, -0.15) is 0 Å². The minimum absolute atomic E-state index is 0.0641. The standard InChI is InChI=1S/C71H136O6/c1-4-7-10-13-16-19-22-24-26-28-30-32-33-34-35-36-37-39-40-42-44-46-49-52-55-58-61-64-70(73)76-67-68(66-75-69(72)63-60-57-54-51-48-21-18-15-12-9-6-3)77-71(74)65-62-59-56-53-50-47-45-43-41-38-31-29-27-25-23-20-17-14-11-8-5-2/h29,31,68H,4-28,30,32-67H2,1-3H3/b31-29-. The van der Waals surface area contributed by atoms with Crippen molar-refractivity contribution in [3.63, 3.8) is 0 Å². The fourth-order valence-corrected chi connectivity index (χ4v) is 11.0. The maximum absolute atomic E-state index is 12.9. The molecule has 6 nitrogen and oxygen atoms in total. The smallest absolute Gasteiger partial charge is 0.306 e. The Labute approximate surface area is 481 Å². The predicted octanol–water partition coefficient (Wildman–Crippen LogP) is 24.0. The summed E-state index contributed by atoms with van der Waals surface area (Å²) in [7, 11) is 0. The van der Waals surface area contributed by atoms with E-state index in [1.54, 1.807) is 0 Å². The first-order valence-electron chi connectivity index (χ1n) is 35.2. The van der Waals surface area contributed by atoms with Gasteiger partial charge in [-0.25, -0.2) is 0 Å². The summed E-state index contributed by atoms with van der Waals surface area (Å²) in [6, 6.07) is 0. The van der Waals surface area contributed by atoms with Crippen LogP contribution in [0.2, 0.25) is 0 Å². The van der Waals surface area contributed by atoms with Gasteiger partial charge in [0.05, 0.1) is 0 Å². The van der Waals surface area contributed by atoms with Gasteiger partial charge >= 0.3 is 17.9 Å². The van der Waals surface area contributed by atoms with Gasteiger partial charge in [0.1, 0.15) is 13.2 Å². The highest BCUT2D eigenvalue weighted by molar-refractivity contribution is 5.71. The molecule has 0 N–H and O–H groups in total. The van der Waals surface area contributed by atoms with Crippen LogP contribution in [-0.4, -0.2) is 37.2 Å². The highest BCUT2D eigenvalue weighted by Crippen LogP contribution is 2.19. The summed E-state index contributed by atoms with van der Waals surface area (Å²) in [6.07, 6.45) is 79.6. The molecule has 0 aromatic rings. The lowest BCUT2D eigenvalue weighted by molar-refractivity contribution is -0.167. The van der Waals surface area contributed by atoms with Crippen molar-refractivity contribution in [3.8, 4) is 0 Å². The molecule has 0 rings (SSSR count). The van der Waals surface area contributed by atoms with E-state index in [0.29, 0.717) is 19.3 Å². The van der Waals surface area contributed by atoms with Gasteiger partial charge in [0.25, 0.3) is 0 Å². The van der Waals surface area contributed by atoms with Crippen LogP contribution in [0.15, 0.2) is 12.2 Å². The van der Waals surface area contributed by atoms with E-state index < -0.39 is 6.10 Å². The quantitative estimate of drug-likeness (QED) is 0.0261. The summed E-state index contributed by atoms with van der Waals surface area (Å²) in [5.41, 5.74) is 0. The number of allylic oxidation sites excluding steroid dienone is 2. The number of unbranched alkanes of at least 4 members (excludes halogenated alkanes) is 53. The molecule has 0 aliphatic rings. The van der Waals surface area contributed by atoms with E-state index in [4.69, 9.17) is 14.2 Å². The lowest BCUT2D eigenvalue weighted by Crippen LogP contribution is -2.30. The third-order valence-corrected chi connectivity index (χ3v) is 16.3. The molecule has 77 heavy (non-hydrogen) atoms. The van der Waals surface area contributed by atoms with E-state index >= 15 is 0 Å². The highest BCUT2D eigenvalue weighted by Gasteiger charge is 2.19. The van der Waals surface area contributed by atoms with Crippen molar-refractivity contribution >= 4 is 17.9 Å². The summed E-state index contributed by atoms with van der Waals surface area (Å²) < 4.78 is 17.0. The topological polar surface area (TPSA) is 78.9 Å². The van der Waals surface area contributed by atoms with Crippen molar-refractivity contribution in [1.82, 2.24) is 0 Å². The van der Waals surface area contributed by atoms with E-state index in [1.807, 2.05) is 0 Å². The second-order valence-corrected chi connectivity index (χ2v) is 24.2. The molecule has 0 radical (unpaired) electrons. The number of carbonyl (C=O) groups is 3. The molecule has 0 aliphatic carbocycles. The molecule has 0 spiro atoms. The lowest BCUT2D eigenvalue weighted by Gasteiger charge is -2.18. The maximum Gasteiger partial charge on any atom is 0.306 e. The third-order valence-electron chi connectivity index (χ3n) is 16.3. The molecule has 1 unspecified atom stereocenters. The van der Waals surface area contributed by atoms with Crippen LogP contribution in [0.5, 0.6) is 0 Å². The molecule has 0 aromatic carbocycles. The van der Waals surface area contributed by atoms with E-state index in [1.165, 1.54) is 308 Å². The molecule has 0 aromatic heterocycles. The van der Waals surface area contributed by atoms with Gasteiger partial charge in [0.15, 0.2) is 6.10 Å². The van der Waals surface area contributed by atoms with Crippen molar-refractivity contribution in [3.05, 3.63) is 12.2 Å². The fraction of sp³-hybridized carbons (Fsp3) is 0.930. The van der Waals surface area contributed by atoms with Crippen molar-refractivity contribution < 1.29 is 28.6 Å². The number of rotatable bonds is 66. The van der Waals surface area contributed by atoms with Crippen molar-refractivity contribution in [2.45, 2.75) is 412 Å². The third kappa shape index (κ3) is 64.9. The predicted molar refractivity (Wildman–Crippen MR) is 335 cm³/mol. The summed E-state index contributed by atoms with van der Waals surface area (Å²) in [5, 5.41) is 0. The van der Waals surface area contributed by atoms with Gasteiger partial charge < -0.3 is 14.2 Å². The molecule has 0 amide bonds. The van der Waals surface area contributed by atoms with Crippen LogP contribution in [-0.2, 0) is 28.6 Å². The SMILES string of the molecule is CCCCCCCCCC/C=C\CCCCCCCCCCCC(=O)OC(COC(=O)CCCCCCCCCCCCC)COC(=O)CCCCCCCCCCCCCCCCCCCCCCCCCCCCC. The van der Waals surface area contributed by atoms with Crippen LogP contribution in [0, 0.1) is 0 Å². The first-order valence-corrected chi connectivity index (χ1v) is 35.2. The molecular weight excluding hydrogens is 949 g/mol. The Hall–Kier alpha value is -1.85. The van der Waals surface area contributed by atoms with Gasteiger partial charge in [-0.1, -0.05) is 354 Å². The zero-order valence-electron chi connectivity index (χ0n) is 52.5. The Morgan fingerprint density at radius 1 is 0.247 bits per heavy atom. The van der Waals surface area contributed by atoms with E-state index in [0.717, 1.165) is 57.8 Å². The van der Waals surface area contributed by atoms with Gasteiger partial charge in [-0.15, -0.1) is 0 Å². The van der Waals surface area contributed by atoms with Gasteiger partial charge in [0.2, 0.25) is 0 Å². The fourth-order valence-electron chi connectivity index (χ4n) is 11.0.